The summed E-state index contributed by atoms with van der Waals surface area (Å²) >= 11 is 1.29. The zero-order valence-electron chi connectivity index (χ0n) is 14.5. The lowest BCUT2D eigenvalue weighted by atomic mass is 10.2. The highest BCUT2D eigenvalue weighted by Gasteiger charge is 2.21. The highest BCUT2D eigenvalue weighted by molar-refractivity contribution is 8.00. The summed E-state index contributed by atoms with van der Waals surface area (Å²) in [5.41, 5.74) is 0.467. The molecule has 1 aliphatic rings. The van der Waals surface area contributed by atoms with Gasteiger partial charge in [-0.05, 0) is 43.2 Å². The second kappa shape index (κ2) is 8.52. The molecule has 3 rings (SSSR count). The van der Waals surface area contributed by atoms with E-state index in [9.17, 15) is 23.5 Å². The average molecular weight is 391 g/mol. The quantitative estimate of drug-likeness (QED) is 0.727. The predicted octanol–water partition coefficient (Wildman–Crippen LogP) is 4.92. The van der Waals surface area contributed by atoms with Crippen molar-refractivity contribution in [2.45, 2.75) is 42.2 Å². The second-order valence-electron chi connectivity index (χ2n) is 6.49. The molecule has 142 valence electrons. The van der Waals surface area contributed by atoms with Crippen LogP contribution in [0.3, 0.4) is 0 Å². The maximum Gasteiger partial charge on any atom is 0.255 e. The molecule has 1 unspecified atom stereocenters. The van der Waals surface area contributed by atoms with E-state index in [1.807, 2.05) is 0 Å². The first kappa shape index (κ1) is 19.4. The summed E-state index contributed by atoms with van der Waals surface area (Å²) in [4.78, 5) is 24.5. The zero-order valence-corrected chi connectivity index (χ0v) is 15.3. The number of nitrogens with one attached hydrogen (secondary N) is 1. The molecule has 1 atom stereocenters. The van der Waals surface area contributed by atoms with E-state index in [1.165, 1.54) is 36.0 Å². The monoisotopic (exact) mass is 391 g/mol. The molecule has 1 aliphatic carbocycles. The summed E-state index contributed by atoms with van der Waals surface area (Å²) in [5, 5.41) is 11.9. The van der Waals surface area contributed by atoms with Gasteiger partial charge in [0.15, 0.2) is 11.6 Å². The van der Waals surface area contributed by atoms with E-state index in [0.29, 0.717) is 17.7 Å². The van der Waals surface area contributed by atoms with Crippen LogP contribution in [0.2, 0.25) is 0 Å². The van der Waals surface area contributed by atoms with Crippen LogP contribution < -0.4 is 5.32 Å². The highest BCUT2D eigenvalue weighted by atomic mass is 32.2. The minimum Gasteiger partial charge on any atom is -0.505 e. The van der Waals surface area contributed by atoms with Crippen molar-refractivity contribution in [2.24, 2.45) is 0 Å². The summed E-state index contributed by atoms with van der Waals surface area (Å²) in [5.74, 6) is -2.10. The van der Waals surface area contributed by atoms with Gasteiger partial charge in [0.05, 0.1) is 0 Å². The van der Waals surface area contributed by atoms with Gasteiger partial charge >= 0.3 is 0 Å². The van der Waals surface area contributed by atoms with Crippen molar-refractivity contribution in [3.8, 4) is 5.75 Å². The number of phenols is 1. The third kappa shape index (κ3) is 5.07. The van der Waals surface area contributed by atoms with E-state index in [1.54, 1.807) is 0 Å². The van der Waals surface area contributed by atoms with Crippen LogP contribution in [-0.4, -0.2) is 22.0 Å². The number of carbonyl (C=O) groups excluding carboxylic acids is 2. The van der Waals surface area contributed by atoms with Gasteiger partial charge in [-0.3, -0.25) is 9.59 Å². The molecule has 0 radical (unpaired) electrons. The van der Waals surface area contributed by atoms with Gasteiger partial charge in [0.25, 0.3) is 5.91 Å². The Morgan fingerprint density at radius 2 is 1.89 bits per heavy atom. The van der Waals surface area contributed by atoms with E-state index in [0.717, 1.165) is 31.4 Å². The Morgan fingerprint density at radius 1 is 1.11 bits per heavy atom. The number of benzene rings is 2. The first-order valence-electron chi connectivity index (χ1n) is 8.70. The fraction of sp³-hybridized carbons (Fsp3) is 0.300. The molecule has 0 heterocycles. The molecule has 0 aliphatic heterocycles. The number of phenolic OH excluding ortho intramolecular Hbond substituents is 1. The van der Waals surface area contributed by atoms with Crippen LogP contribution in [-0.2, 0) is 4.79 Å². The lowest BCUT2D eigenvalue weighted by Crippen LogP contribution is -2.13. The van der Waals surface area contributed by atoms with Gasteiger partial charge in [-0.15, -0.1) is 11.8 Å². The fourth-order valence-electron chi connectivity index (χ4n) is 2.96. The molecule has 2 N–H and O–H groups in total. The van der Waals surface area contributed by atoms with Crippen LogP contribution >= 0.6 is 11.8 Å². The number of aromatic hydroxyl groups is 1. The minimum absolute atomic E-state index is 0.00172. The Kier molecular flexibility index (Phi) is 6.11. The number of rotatable bonds is 4. The molecule has 1 saturated carbocycles. The molecule has 1 fully saturated rings. The number of hydrogen-bond acceptors (Lipinski definition) is 4. The van der Waals surface area contributed by atoms with E-state index >= 15 is 0 Å². The molecule has 0 bridgehead atoms. The first-order valence-corrected chi connectivity index (χ1v) is 9.58. The zero-order chi connectivity index (χ0) is 19.4. The maximum atomic E-state index is 14.2. The highest BCUT2D eigenvalue weighted by Crippen LogP contribution is 2.34. The number of thioether (sulfide) groups is 1. The number of amides is 1. The van der Waals surface area contributed by atoms with Crippen molar-refractivity contribution >= 4 is 29.1 Å². The summed E-state index contributed by atoms with van der Waals surface area (Å²) in [6.45, 7) is 0. The van der Waals surface area contributed by atoms with Gasteiger partial charge in [-0.25, -0.2) is 8.78 Å². The third-order valence-corrected chi connectivity index (χ3v) is 5.68. The molecule has 2 aromatic carbocycles. The van der Waals surface area contributed by atoms with E-state index < -0.39 is 23.3 Å². The van der Waals surface area contributed by atoms with Crippen molar-refractivity contribution in [3.05, 3.63) is 53.6 Å². The van der Waals surface area contributed by atoms with Gasteiger partial charge < -0.3 is 10.4 Å². The maximum absolute atomic E-state index is 14.2. The number of Topliss-reactive ketones (excluding diaryl/α,β-unsaturated/α-hetero) is 1. The number of hydrogen-bond donors (Lipinski definition) is 2. The van der Waals surface area contributed by atoms with Crippen molar-refractivity contribution < 1.29 is 23.5 Å². The van der Waals surface area contributed by atoms with Crippen molar-refractivity contribution in [2.75, 3.05) is 5.32 Å². The van der Waals surface area contributed by atoms with Crippen LogP contribution in [0.4, 0.5) is 14.5 Å². The Labute approximate surface area is 160 Å². The Bertz CT molecular complexity index is 872. The van der Waals surface area contributed by atoms with Crippen LogP contribution in [0.25, 0.3) is 0 Å². The van der Waals surface area contributed by atoms with Crippen LogP contribution in [0, 0.1) is 11.6 Å². The Morgan fingerprint density at radius 3 is 2.67 bits per heavy atom. The number of halogens is 2. The Balaban J connectivity index is 1.74. The normalized spacial score (nSPS) is 17.4. The number of carbonyl (C=O) groups is 2. The van der Waals surface area contributed by atoms with Crippen LogP contribution in [0.1, 0.15) is 42.5 Å². The molecule has 4 nitrogen and oxygen atoms in total. The molecule has 1 amide bonds. The van der Waals surface area contributed by atoms with Crippen LogP contribution in [0.5, 0.6) is 5.75 Å². The summed E-state index contributed by atoms with van der Waals surface area (Å²) < 4.78 is 27.3. The van der Waals surface area contributed by atoms with Gasteiger partial charge in [0, 0.05) is 40.3 Å². The minimum atomic E-state index is -0.786. The third-order valence-electron chi connectivity index (χ3n) is 4.38. The molecule has 2 aromatic rings. The van der Waals surface area contributed by atoms with E-state index in [4.69, 9.17) is 0 Å². The molecule has 7 heteroatoms. The SMILES string of the molecule is O=C1CCCCC(Sc2cc(C(=O)Nc3ccc(F)c(O)c3)ccc2F)C1. The van der Waals surface area contributed by atoms with Gasteiger partial charge in [0.2, 0.25) is 0 Å². The van der Waals surface area contributed by atoms with E-state index in [2.05, 4.69) is 5.32 Å². The number of ketones is 1. The summed E-state index contributed by atoms with van der Waals surface area (Å²) in [6, 6.07) is 7.50. The van der Waals surface area contributed by atoms with Gasteiger partial charge in [-0.2, -0.15) is 0 Å². The Hall–Kier alpha value is -2.41. The summed E-state index contributed by atoms with van der Waals surface area (Å²) in [7, 11) is 0. The van der Waals surface area contributed by atoms with Crippen LogP contribution in [0.15, 0.2) is 41.3 Å². The molecular weight excluding hydrogens is 372 g/mol. The topological polar surface area (TPSA) is 66.4 Å². The smallest absolute Gasteiger partial charge is 0.255 e. The van der Waals surface area contributed by atoms with E-state index in [-0.39, 0.29) is 22.3 Å². The standard InChI is InChI=1S/C20H19F2NO3S/c21-16-8-6-13(10-18(16)25)23-20(26)12-5-7-17(22)19(9-12)27-15-4-2-1-3-14(24)11-15/h5-10,15,25H,1-4,11H2,(H,23,26). The lowest BCUT2D eigenvalue weighted by molar-refractivity contribution is -0.118. The summed E-state index contributed by atoms with van der Waals surface area (Å²) in [6.07, 6.45) is 3.62. The molecule has 0 aromatic heterocycles. The molecule has 0 saturated heterocycles. The predicted molar refractivity (Wildman–Crippen MR) is 100 cm³/mol. The van der Waals surface area contributed by atoms with Crippen molar-refractivity contribution in [3.63, 3.8) is 0 Å². The largest absolute Gasteiger partial charge is 0.505 e. The molecular formula is C20H19F2NO3S. The first-order chi connectivity index (χ1) is 12.9. The second-order valence-corrected chi connectivity index (χ2v) is 7.84. The van der Waals surface area contributed by atoms with Crippen molar-refractivity contribution in [1.29, 1.82) is 0 Å². The fourth-order valence-corrected chi connectivity index (χ4v) is 4.25. The lowest BCUT2D eigenvalue weighted by Gasteiger charge is -2.14. The molecule has 0 spiro atoms. The van der Waals surface area contributed by atoms with Gasteiger partial charge in [0.1, 0.15) is 11.6 Å². The van der Waals surface area contributed by atoms with Crippen molar-refractivity contribution in [1.82, 2.24) is 0 Å². The average Bonchev–Trinajstić information content (AvgIpc) is 2.84. The molecule has 27 heavy (non-hydrogen) atoms. The van der Waals surface area contributed by atoms with Gasteiger partial charge in [-0.1, -0.05) is 6.42 Å². The number of anilines is 1.